The van der Waals surface area contributed by atoms with Crippen molar-refractivity contribution in [3.63, 3.8) is 0 Å². The summed E-state index contributed by atoms with van der Waals surface area (Å²) in [5, 5.41) is 8.85. The van der Waals surface area contributed by atoms with E-state index < -0.39 is 15.9 Å². The van der Waals surface area contributed by atoms with E-state index >= 15 is 0 Å². The zero-order chi connectivity index (χ0) is 17.2. The molecule has 1 aliphatic heterocycles. The van der Waals surface area contributed by atoms with Gasteiger partial charge in [-0.1, -0.05) is 31.4 Å². The second-order valence-corrected chi connectivity index (χ2v) is 8.81. The van der Waals surface area contributed by atoms with Gasteiger partial charge in [0.1, 0.15) is 0 Å². The molecule has 132 valence electrons. The van der Waals surface area contributed by atoms with Gasteiger partial charge in [0, 0.05) is 13.1 Å². The van der Waals surface area contributed by atoms with E-state index in [1.807, 2.05) is 0 Å². The van der Waals surface area contributed by atoms with Gasteiger partial charge in [0.15, 0.2) is 0 Å². The number of benzene rings is 1. The van der Waals surface area contributed by atoms with Gasteiger partial charge in [0.2, 0.25) is 10.0 Å². The van der Waals surface area contributed by atoms with Gasteiger partial charge in [-0.25, -0.2) is 13.9 Å². The molecule has 1 aromatic rings. The Bertz CT molecular complexity index is 701. The van der Waals surface area contributed by atoms with Crippen LogP contribution in [0.5, 0.6) is 0 Å². The molecular weight excluding hydrogens is 328 g/mol. The first-order chi connectivity index (χ1) is 11.5. The molecule has 1 saturated carbocycles. The maximum absolute atomic E-state index is 13.0. The molecule has 1 amide bonds. The summed E-state index contributed by atoms with van der Waals surface area (Å²) in [6.07, 6.45) is 7.95. The molecule has 24 heavy (non-hydrogen) atoms. The Hall–Kier alpha value is -1.44. The van der Waals surface area contributed by atoms with Crippen molar-refractivity contribution < 1.29 is 18.4 Å². The van der Waals surface area contributed by atoms with Crippen molar-refractivity contribution in [2.75, 3.05) is 13.1 Å². The Labute approximate surface area is 142 Å². The molecule has 0 atom stereocenters. The Morgan fingerprint density at radius 3 is 2.29 bits per heavy atom. The monoisotopic (exact) mass is 352 g/mol. The molecule has 0 radical (unpaired) electrons. The fraction of sp³-hybridized carbons (Fsp3) is 0.588. The zero-order valence-electron chi connectivity index (χ0n) is 13.7. The van der Waals surface area contributed by atoms with Gasteiger partial charge in [0.25, 0.3) is 5.91 Å². The van der Waals surface area contributed by atoms with Crippen molar-refractivity contribution in [3.8, 4) is 0 Å². The molecule has 2 fully saturated rings. The minimum absolute atomic E-state index is 0.0297. The van der Waals surface area contributed by atoms with Gasteiger partial charge in [-0.05, 0) is 43.2 Å². The van der Waals surface area contributed by atoms with Crippen molar-refractivity contribution in [2.45, 2.75) is 49.8 Å². The maximum Gasteiger partial charge on any atom is 0.276 e. The van der Waals surface area contributed by atoms with Crippen molar-refractivity contribution in [1.82, 2.24) is 9.79 Å². The lowest BCUT2D eigenvalue weighted by molar-refractivity contribution is 0.0702. The Kier molecular flexibility index (Phi) is 4.94. The van der Waals surface area contributed by atoms with Crippen LogP contribution in [0.4, 0.5) is 0 Å². The molecule has 1 aliphatic carbocycles. The van der Waals surface area contributed by atoms with Gasteiger partial charge in [-0.3, -0.25) is 10.0 Å². The zero-order valence-corrected chi connectivity index (χ0v) is 14.5. The smallest absolute Gasteiger partial charge is 0.276 e. The van der Waals surface area contributed by atoms with Crippen molar-refractivity contribution in [1.29, 1.82) is 0 Å². The van der Waals surface area contributed by atoms with Crippen LogP contribution < -0.4 is 5.48 Å². The lowest BCUT2D eigenvalue weighted by atomic mass is 9.68. The van der Waals surface area contributed by atoms with Crippen LogP contribution in [-0.4, -0.2) is 36.9 Å². The number of sulfonamides is 1. The van der Waals surface area contributed by atoms with Crippen molar-refractivity contribution >= 4 is 15.9 Å². The molecule has 0 bridgehead atoms. The van der Waals surface area contributed by atoms with Crippen LogP contribution in [0.2, 0.25) is 0 Å². The topological polar surface area (TPSA) is 86.7 Å². The molecular formula is C17H24N2O4S. The summed E-state index contributed by atoms with van der Waals surface area (Å²) in [6.45, 7) is 0.995. The first kappa shape index (κ1) is 17.4. The standard InChI is InChI=1S/C17H24N2O4S/c20-16(18-21)14-6-2-3-7-15(14)24(22,23)19-12-10-17(11-13-19)8-4-1-5-9-17/h2-3,6-7,21H,1,4-5,8-13H2,(H,18,20). The number of rotatable bonds is 3. The Morgan fingerprint density at radius 1 is 1.04 bits per heavy atom. The third-order valence-electron chi connectivity index (χ3n) is 5.55. The molecule has 2 aliphatic rings. The highest BCUT2D eigenvalue weighted by molar-refractivity contribution is 7.89. The number of hydrogen-bond donors (Lipinski definition) is 2. The van der Waals surface area contributed by atoms with E-state index in [0.717, 1.165) is 12.8 Å². The lowest BCUT2D eigenvalue weighted by Gasteiger charge is -2.43. The van der Waals surface area contributed by atoms with Crippen LogP contribution in [0.1, 0.15) is 55.3 Å². The van der Waals surface area contributed by atoms with Crippen LogP contribution in [0.25, 0.3) is 0 Å². The van der Waals surface area contributed by atoms with E-state index in [2.05, 4.69) is 0 Å². The van der Waals surface area contributed by atoms with Crippen LogP contribution in [-0.2, 0) is 10.0 Å². The second-order valence-electron chi connectivity index (χ2n) is 6.90. The maximum atomic E-state index is 13.0. The number of nitrogens with one attached hydrogen (secondary N) is 1. The second kappa shape index (κ2) is 6.82. The first-order valence-electron chi connectivity index (χ1n) is 8.52. The molecule has 6 nitrogen and oxygen atoms in total. The fourth-order valence-electron chi connectivity index (χ4n) is 4.08. The summed E-state index contributed by atoms with van der Waals surface area (Å²) >= 11 is 0. The summed E-state index contributed by atoms with van der Waals surface area (Å²) in [6, 6.07) is 6.00. The van der Waals surface area contributed by atoms with Crippen LogP contribution in [0, 0.1) is 5.41 Å². The molecule has 1 heterocycles. The Balaban J connectivity index is 1.81. The lowest BCUT2D eigenvalue weighted by Crippen LogP contribution is -2.44. The van der Waals surface area contributed by atoms with E-state index in [1.54, 1.807) is 12.1 Å². The predicted octanol–water partition coefficient (Wildman–Crippen LogP) is 2.54. The molecule has 2 N–H and O–H groups in total. The highest BCUT2D eigenvalue weighted by atomic mass is 32.2. The minimum atomic E-state index is -3.74. The number of nitrogens with zero attached hydrogens (tertiary/aromatic N) is 1. The summed E-state index contributed by atoms with van der Waals surface area (Å²) < 4.78 is 27.4. The molecule has 0 unspecified atom stereocenters. The summed E-state index contributed by atoms with van der Waals surface area (Å²) in [5.74, 6) is -0.810. The quantitative estimate of drug-likeness (QED) is 0.646. The molecule has 7 heteroatoms. The van der Waals surface area contributed by atoms with E-state index in [9.17, 15) is 13.2 Å². The third kappa shape index (κ3) is 3.20. The normalized spacial score (nSPS) is 21.5. The van der Waals surface area contributed by atoms with E-state index in [1.165, 1.54) is 54.0 Å². The van der Waals surface area contributed by atoms with E-state index in [-0.39, 0.29) is 10.5 Å². The SMILES string of the molecule is O=C(NO)c1ccccc1S(=O)(=O)N1CCC2(CCCCC2)CC1. The minimum Gasteiger partial charge on any atom is -0.288 e. The predicted molar refractivity (Wildman–Crippen MR) is 89.2 cm³/mol. The molecule has 1 aromatic carbocycles. The third-order valence-corrected chi connectivity index (χ3v) is 7.51. The molecule has 0 aromatic heterocycles. The average molecular weight is 352 g/mol. The van der Waals surface area contributed by atoms with Crippen LogP contribution in [0.15, 0.2) is 29.2 Å². The first-order valence-corrected chi connectivity index (χ1v) is 9.96. The van der Waals surface area contributed by atoms with E-state index in [0.29, 0.717) is 18.5 Å². The molecule has 1 spiro atoms. The van der Waals surface area contributed by atoms with Crippen molar-refractivity contribution in [3.05, 3.63) is 29.8 Å². The number of hydrogen-bond acceptors (Lipinski definition) is 4. The number of amides is 1. The Morgan fingerprint density at radius 2 is 1.67 bits per heavy atom. The summed E-state index contributed by atoms with van der Waals surface area (Å²) in [5.41, 5.74) is 1.80. The van der Waals surface area contributed by atoms with E-state index in [4.69, 9.17) is 5.21 Å². The average Bonchev–Trinajstić information content (AvgIpc) is 2.62. The summed E-state index contributed by atoms with van der Waals surface area (Å²) in [4.78, 5) is 11.7. The molecule has 3 rings (SSSR count). The number of carbonyl (C=O) groups excluding carboxylic acids is 1. The number of carbonyl (C=O) groups is 1. The van der Waals surface area contributed by atoms with Gasteiger partial charge >= 0.3 is 0 Å². The van der Waals surface area contributed by atoms with Crippen LogP contribution in [0.3, 0.4) is 0 Å². The number of piperidine rings is 1. The highest BCUT2D eigenvalue weighted by Crippen LogP contribution is 2.45. The summed E-state index contributed by atoms with van der Waals surface area (Å²) in [7, 11) is -3.74. The van der Waals surface area contributed by atoms with Crippen molar-refractivity contribution in [2.24, 2.45) is 5.41 Å². The van der Waals surface area contributed by atoms with Gasteiger partial charge < -0.3 is 0 Å². The van der Waals surface area contributed by atoms with Crippen LogP contribution >= 0.6 is 0 Å². The highest BCUT2D eigenvalue weighted by Gasteiger charge is 2.39. The van der Waals surface area contributed by atoms with Gasteiger partial charge in [-0.15, -0.1) is 0 Å². The fourth-order valence-corrected chi connectivity index (χ4v) is 5.71. The molecule has 1 saturated heterocycles. The van der Waals surface area contributed by atoms with Gasteiger partial charge in [0.05, 0.1) is 10.5 Å². The van der Waals surface area contributed by atoms with Gasteiger partial charge in [-0.2, -0.15) is 4.31 Å². The largest absolute Gasteiger partial charge is 0.288 e. The number of hydroxylamine groups is 1.